The van der Waals surface area contributed by atoms with Crippen molar-refractivity contribution >= 4 is 5.91 Å². The Morgan fingerprint density at radius 2 is 1.79 bits per heavy atom. The average molecular weight is 327 g/mol. The Kier molecular flexibility index (Phi) is 4.71. The smallest absolute Gasteiger partial charge is 0.276 e. The number of piperazine rings is 1. The van der Waals surface area contributed by atoms with Crippen LogP contribution < -0.4 is 0 Å². The number of benzene rings is 1. The lowest BCUT2D eigenvalue weighted by molar-refractivity contribution is 0.0582. The quantitative estimate of drug-likeness (QED) is 0.869. The molecule has 0 bridgehead atoms. The molecule has 1 saturated heterocycles. The molecular weight excluding hydrogens is 302 g/mol. The van der Waals surface area contributed by atoms with Crippen molar-refractivity contribution in [2.75, 3.05) is 32.7 Å². The highest BCUT2D eigenvalue weighted by atomic mass is 16.5. The summed E-state index contributed by atoms with van der Waals surface area (Å²) in [4.78, 5) is 16.9. The molecule has 2 aromatic rings. The van der Waals surface area contributed by atoms with Crippen molar-refractivity contribution in [1.29, 1.82) is 0 Å². The van der Waals surface area contributed by atoms with Gasteiger partial charge in [0.2, 0.25) is 0 Å². The molecule has 1 aliphatic heterocycles. The predicted molar refractivity (Wildman–Crippen MR) is 93.7 cm³/mol. The molecule has 0 spiro atoms. The van der Waals surface area contributed by atoms with Gasteiger partial charge >= 0.3 is 0 Å². The van der Waals surface area contributed by atoms with Crippen LogP contribution in [0.25, 0.3) is 11.3 Å². The molecule has 1 aromatic carbocycles. The minimum Gasteiger partial charge on any atom is -0.355 e. The number of carbonyl (C=O) groups is 1. The van der Waals surface area contributed by atoms with Gasteiger partial charge in [0, 0.05) is 44.4 Å². The van der Waals surface area contributed by atoms with Crippen LogP contribution in [0.4, 0.5) is 0 Å². The second-order valence-electron chi connectivity index (χ2n) is 7.57. The topological polar surface area (TPSA) is 49.6 Å². The molecule has 1 fully saturated rings. The first kappa shape index (κ1) is 16.7. The summed E-state index contributed by atoms with van der Waals surface area (Å²) < 4.78 is 5.34. The van der Waals surface area contributed by atoms with Crippen LogP contribution in [-0.4, -0.2) is 53.6 Å². The van der Waals surface area contributed by atoms with Gasteiger partial charge < -0.3 is 9.42 Å². The van der Waals surface area contributed by atoms with Crippen molar-refractivity contribution in [3.63, 3.8) is 0 Å². The molecular formula is C19H25N3O2. The van der Waals surface area contributed by atoms with E-state index in [2.05, 4.69) is 30.8 Å². The Labute approximate surface area is 143 Å². The molecule has 3 rings (SSSR count). The summed E-state index contributed by atoms with van der Waals surface area (Å²) in [5, 5.41) is 3.97. The highest BCUT2D eigenvalue weighted by Crippen LogP contribution is 2.21. The normalized spacial score (nSPS) is 16.4. The van der Waals surface area contributed by atoms with Crippen molar-refractivity contribution in [2.45, 2.75) is 20.8 Å². The molecule has 5 heteroatoms. The van der Waals surface area contributed by atoms with Gasteiger partial charge in [0.25, 0.3) is 5.91 Å². The van der Waals surface area contributed by atoms with E-state index in [4.69, 9.17) is 4.52 Å². The fourth-order valence-electron chi connectivity index (χ4n) is 3.06. The summed E-state index contributed by atoms with van der Waals surface area (Å²) in [5.74, 6) is 0.585. The zero-order valence-electron chi connectivity index (χ0n) is 14.7. The van der Waals surface area contributed by atoms with Crippen LogP contribution >= 0.6 is 0 Å². The van der Waals surface area contributed by atoms with Gasteiger partial charge in [0.15, 0.2) is 11.5 Å². The summed E-state index contributed by atoms with van der Waals surface area (Å²) >= 11 is 0. The first-order valence-corrected chi connectivity index (χ1v) is 8.46. The SMILES string of the molecule is CC(C)(C)CN1CCN(C(=O)c2cc(-c3ccccc3)on2)CC1. The molecule has 0 radical (unpaired) electrons. The lowest BCUT2D eigenvalue weighted by Crippen LogP contribution is -2.50. The zero-order chi connectivity index (χ0) is 17.2. The Morgan fingerprint density at radius 1 is 1.12 bits per heavy atom. The number of rotatable bonds is 3. The third-order valence-electron chi connectivity index (χ3n) is 4.15. The first-order valence-electron chi connectivity index (χ1n) is 8.46. The molecule has 1 aromatic heterocycles. The molecule has 5 nitrogen and oxygen atoms in total. The average Bonchev–Trinajstić information content (AvgIpc) is 3.04. The fourth-order valence-corrected chi connectivity index (χ4v) is 3.06. The van der Waals surface area contributed by atoms with Crippen LogP contribution in [0.15, 0.2) is 40.9 Å². The summed E-state index contributed by atoms with van der Waals surface area (Å²) in [6, 6.07) is 11.4. The zero-order valence-corrected chi connectivity index (χ0v) is 14.7. The number of nitrogens with zero attached hydrogens (tertiary/aromatic N) is 3. The van der Waals surface area contributed by atoms with Crippen molar-refractivity contribution in [1.82, 2.24) is 15.0 Å². The van der Waals surface area contributed by atoms with E-state index in [1.165, 1.54) is 0 Å². The summed E-state index contributed by atoms with van der Waals surface area (Å²) in [6.07, 6.45) is 0. The van der Waals surface area contributed by atoms with E-state index in [1.54, 1.807) is 6.07 Å². The molecule has 0 aliphatic carbocycles. The van der Waals surface area contributed by atoms with E-state index in [9.17, 15) is 4.79 Å². The van der Waals surface area contributed by atoms with E-state index in [0.29, 0.717) is 11.5 Å². The summed E-state index contributed by atoms with van der Waals surface area (Å²) in [5.41, 5.74) is 1.60. The van der Waals surface area contributed by atoms with Gasteiger partial charge in [-0.2, -0.15) is 0 Å². The second-order valence-corrected chi connectivity index (χ2v) is 7.57. The van der Waals surface area contributed by atoms with Crippen molar-refractivity contribution in [2.24, 2.45) is 5.41 Å². The fraction of sp³-hybridized carbons (Fsp3) is 0.474. The van der Waals surface area contributed by atoms with Gasteiger partial charge in [-0.05, 0) is 5.41 Å². The molecule has 2 heterocycles. The minimum atomic E-state index is -0.0451. The van der Waals surface area contributed by atoms with Gasteiger partial charge in [-0.3, -0.25) is 9.69 Å². The molecule has 0 saturated carbocycles. The number of aromatic nitrogens is 1. The monoisotopic (exact) mass is 327 g/mol. The molecule has 24 heavy (non-hydrogen) atoms. The largest absolute Gasteiger partial charge is 0.355 e. The standard InChI is InChI=1S/C19H25N3O2/c1-19(2,3)14-21-9-11-22(12-10-21)18(23)16-13-17(24-20-16)15-7-5-4-6-8-15/h4-8,13H,9-12,14H2,1-3H3. The number of hydrogen-bond donors (Lipinski definition) is 0. The van der Waals surface area contributed by atoms with E-state index in [1.807, 2.05) is 35.2 Å². The molecule has 1 amide bonds. The third kappa shape index (κ3) is 4.03. The van der Waals surface area contributed by atoms with Gasteiger partial charge in [0.1, 0.15) is 0 Å². The van der Waals surface area contributed by atoms with Gasteiger partial charge in [0.05, 0.1) is 0 Å². The van der Waals surface area contributed by atoms with E-state index in [0.717, 1.165) is 38.3 Å². The van der Waals surface area contributed by atoms with Crippen molar-refractivity contribution in [3.8, 4) is 11.3 Å². The van der Waals surface area contributed by atoms with Crippen LogP contribution in [-0.2, 0) is 0 Å². The minimum absolute atomic E-state index is 0.0451. The van der Waals surface area contributed by atoms with Crippen LogP contribution in [0, 0.1) is 5.41 Å². The first-order chi connectivity index (χ1) is 11.4. The number of amides is 1. The molecule has 128 valence electrons. The third-order valence-corrected chi connectivity index (χ3v) is 4.15. The molecule has 0 unspecified atom stereocenters. The lowest BCUT2D eigenvalue weighted by Gasteiger charge is -2.37. The van der Waals surface area contributed by atoms with E-state index in [-0.39, 0.29) is 11.3 Å². The summed E-state index contributed by atoms with van der Waals surface area (Å²) in [7, 11) is 0. The van der Waals surface area contributed by atoms with Gasteiger partial charge in [-0.25, -0.2) is 0 Å². The van der Waals surface area contributed by atoms with Gasteiger partial charge in [-0.15, -0.1) is 0 Å². The highest BCUT2D eigenvalue weighted by Gasteiger charge is 2.26. The predicted octanol–water partition coefficient (Wildman–Crippen LogP) is 3.15. The van der Waals surface area contributed by atoms with Gasteiger partial charge in [-0.1, -0.05) is 56.3 Å². The maximum atomic E-state index is 12.6. The lowest BCUT2D eigenvalue weighted by atomic mass is 9.96. The molecule has 1 aliphatic rings. The second kappa shape index (κ2) is 6.77. The van der Waals surface area contributed by atoms with E-state index < -0.39 is 0 Å². The Morgan fingerprint density at radius 3 is 2.42 bits per heavy atom. The van der Waals surface area contributed by atoms with Crippen LogP contribution in [0.1, 0.15) is 31.3 Å². The van der Waals surface area contributed by atoms with Crippen LogP contribution in [0.3, 0.4) is 0 Å². The molecule has 0 N–H and O–H groups in total. The Hall–Kier alpha value is -2.14. The number of hydrogen-bond acceptors (Lipinski definition) is 4. The van der Waals surface area contributed by atoms with Crippen LogP contribution in [0.5, 0.6) is 0 Å². The Bertz CT molecular complexity index is 680. The van der Waals surface area contributed by atoms with Crippen molar-refractivity contribution in [3.05, 3.63) is 42.1 Å². The maximum Gasteiger partial charge on any atom is 0.276 e. The number of carbonyl (C=O) groups excluding carboxylic acids is 1. The Balaban J connectivity index is 1.61. The summed E-state index contributed by atoms with van der Waals surface area (Å²) in [6.45, 7) is 11.1. The van der Waals surface area contributed by atoms with E-state index >= 15 is 0 Å². The maximum absolute atomic E-state index is 12.6. The molecule has 0 atom stereocenters. The highest BCUT2D eigenvalue weighted by molar-refractivity contribution is 5.93. The van der Waals surface area contributed by atoms with Crippen molar-refractivity contribution < 1.29 is 9.32 Å². The van der Waals surface area contributed by atoms with Crippen LogP contribution in [0.2, 0.25) is 0 Å².